The number of hydrogen-bond acceptors (Lipinski definition) is 5. The highest BCUT2D eigenvalue weighted by Crippen LogP contribution is 2.40. The van der Waals surface area contributed by atoms with Crippen LogP contribution in [0.15, 0.2) is 17.4 Å². The number of hydrogen-bond donors (Lipinski definition) is 0. The Morgan fingerprint density at radius 3 is 2.72 bits per heavy atom. The van der Waals surface area contributed by atoms with Crippen molar-refractivity contribution < 1.29 is 22.8 Å². The average Bonchev–Trinajstić information content (AvgIpc) is 3.36. The summed E-state index contributed by atoms with van der Waals surface area (Å²) in [6.45, 7) is 6.06. The molecule has 2 atom stereocenters. The van der Waals surface area contributed by atoms with Crippen molar-refractivity contribution >= 4 is 17.4 Å². The number of oxime groups is 1. The molecule has 0 N–H and O–H groups in total. The van der Waals surface area contributed by atoms with Gasteiger partial charge in [-0.15, -0.1) is 0 Å². The number of carbonyl (C=O) groups excluding carboxylic acids is 1. The van der Waals surface area contributed by atoms with E-state index < -0.39 is 24.2 Å². The SMILES string of the molecule is CCn1cc(C2=NOC(C(=O)N3CCC(C(F)(F)F)n4nc(C)cc43)C2)c(C)n1. The first-order chi connectivity index (χ1) is 13.7. The summed E-state index contributed by atoms with van der Waals surface area (Å²) in [4.78, 5) is 19.7. The van der Waals surface area contributed by atoms with Gasteiger partial charge < -0.3 is 4.84 Å². The zero-order valence-electron chi connectivity index (χ0n) is 16.3. The number of aromatic nitrogens is 4. The molecule has 0 aliphatic carbocycles. The fraction of sp³-hybridized carbons (Fsp3) is 0.556. The second kappa shape index (κ2) is 6.89. The Labute approximate surface area is 164 Å². The Hall–Kier alpha value is -2.85. The minimum atomic E-state index is -4.43. The van der Waals surface area contributed by atoms with Gasteiger partial charge in [0.1, 0.15) is 5.82 Å². The number of alkyl halides is 3. The molecule has 1 amide bonds. The Morgan fingerprint density at radius 2 is 2.07 bits per heavy atom. The molecule has 0 saturated carbocycles. The van der Waals surface area contributed by atoms with E-state index >= 15 is 0 Å². The average molecular weight is 410 g/mol. The third-order valence-corrected chi connectivity index (χ3v) is 5.21. The summed E-state index contributed by atoms with van der Waals surface area (Å²) in [5, 5.41) is 12.4. The Morgan fingerprint density at radius 1 is 1.31 bits per heavy atom. The molecule has 8 nitrogen and oxygen atoms in total. The molecular weight excluding hydrogens is 389 g/mol. The van der Waals surface area contributed by atoms with Crippen LogP contribution in [0, 0.1) is 13.8 Å². The largest absolute Gasteiger partial charge is 0.410 e. The molecule has 0 bridgehead atoms. The maximum atomic E-state index is 13.4. The lowest BCUT2D eigenvalue weighted by atomic mass is 10.0. The lowest BCUT2D eigenvalue weighted by Gasteiger charge is -2.34. The Bertz CT molecular complexity index is 977. The first kappa shape index (κ1) is 19.5. The highest BCUT2D eigenvalue weighted by atomic mass is 19.4. The second-order valence-corrected chi connectivity index (χ2v) is 7.24. The van der Waals surface area contributed by atoms with Crippen LogP contribution in [0.2, 0.25) is 0 Å². The van der Waals surface area contributed by atoms with Crippen molar-refractivity contribution in [2.75, 3.05) is 11.4 Å². The summed E-state index contributed by atoms with van der Waals surface area (Å²) in [6.07, 6.45) is -3.49. The molecule has 0 radical (unpaired) electrons. The topological polar surface area (TPSA) is 77.5 Å². The maximum Gasteiger partial charge on any atom is 0.410 e. The summed E-state index contributed by atoms with van der Waals surface area (Å²) in [7, 11) is 0. The number of halogens is 3. The minimum Gasteiger partial charge on any atom is -0.382 e. The number of carbonyl (C=O) groups is 1. The summed E-state index contributed by atoms with van der Waals surface area (Å²) in [5.41, 5.74) is 2.61. The standard InChI is InChI=1S/C18H21F3N6O2/c1-4-25-9-12(11(3)23-25)13-8-14(29-24-13)17(28)26-6-5-15(18(19,20)21)27-16(26)7-10(2)22-27/h7,9,14-15H,4-6,8H2,1-3H3. The lowest BCUT2D eigenvalue weighted by molar-refractivity contribution is -0.173. The minimum absolute atomic E-state index is 0.0594. The second-order valence-electron chi connectivity index (χ2n) is 7.24. The van der Waals surface area contributed by atoms with E-state index in [9.17, 15) is 18.0 Å². The quantitative estimate of drug-likeness (QED) is 0.780. The first-order valence-electron chi connectivity index (χ1n) is 9.40. The van der Waals surface area contributed by atoms with Crippen molar-refractivity contribution in [3.05, 3.63) is 29.2 Å². The molecule has 2 aromatic heterocycles. The molecule has 0 saturated heterocycles. The number of rotatable bonds is 3. The highest BCUT2D eigenvalue weighted by Gasteiger charge is 2.47. The van der Waals surface area contributed by atoms with E-state index in [2.05, 4.69) is 15.4 Å². The maximum absolute atomic E-state index is 13.4. The molecule has 11 heteroatoms. The van der Waals surface area contributed by atoms with Crippen molar-refractivity contribution in [3.63, 3.8) is 0 Å². The molecule has 0 fully saturated rings. The van der Waals surface area contributed by atoms with Gasteiger partial charge in [0.05, 0.1) is 17.1 Å². The third kappa shape index (κ3) is 3.38. The van der Waals surface area contributed by atoms with Gasteiger partial charge in [0.25, 0.3) is 5.91 Å². The van der Waals surface area contributed by atoms with Crippen LogP contribution in [-0.2, 0) is 16.2 Å². The van der Waals surface area contributed by atoms with E-state index in [4.69, 9.17) is 4.84 Å². The van der Waals surface area contributed by atoms with E-state index in [1.807, 2.05) is 20.0 Å². The van der Waals surface area contributed by atoms with Gasteiger partial charge in [0.15, 0.2) is 6.04 Å². The number of aryl methyl sites for hydroxylation is 3. The first-order valence-corrected chi connectivity index (χ1v) is 9.40. The van der Waals surface area contributed by atoms with Crippen LogP contribution in [0.1, 0.15) is 42.8 Å². The van der Waals surface area contributed by atoms with Gasteiger partial charge in [-0.2, -0.15) is 23.4 Å². The predicted octanol–water partition coefficient (Wildman–Crippen LogP) is 2.75. The van der Waals surface area contributed by atoms with Gasteiger partial charge in [0, 0.05) is 37.3 Å². The van der Waals surface area contributed by atoms with E-state index in [1.54, 1.807) is 11.6 Å². The molecule has 0 aromatic carbocycles. The Kier molecular flexibility index (Phi) is 4.62. The molecular formula is C18H21F3N6O2. The molecule has 4 heterocycles. The van der Waals surface area contributed by atoms with Crippen LogP contribution in [0.3, 0.4) is 0 Å². The van der Waals surface area contributed by atoms with Crippen LogP contribution in [0.25, 0.3) is 0 Å². The molecule has 2 unspecified atom stereocenters. The molecule has 2 aliphatic heterocycles. The molecule has 29 heavy (non-hydrogen) atoms. The zero-order valence-corrected chi connectivity index (χ0v) is 16.3. The third-order valence-electron chi connectivity index (χ3n) is 5.21. The van der Waals surface area contributed by atoms with Crippen LogP contribution in [0.4, 0.5) is 19.0 Å². The van der Waals surface area contributed by atoms with Gasteiger partial charge in [-0.25, -0.2) is 4.68 Å². The number of amides is 1. The number of nitrogens with zero attached hydrogens (tertiary/aromatic N) is 6. The van der Waals surface area contributed by atoms with Crippen molar-refractivity contribution in [2.45, 2.75) is 58.5 Å². The van der Waals surface area contributed by atoms with E-state index in [0.29, 0.717) is 18.0 Å². The lowest BCUT2D eigenvalue weighted by Crippen LogP contribution is -2.47. The van der Waals surface area contributed by atoms with E-state index in [-0.39, 0.29) is 25.2 Å². The van der Waals surface area contributed by atoms with Gasteiger partial charge in [0.2, 0.25) is 6.10 Å². The van der Waals surface area contributed by atoms with Gasteiger partial charge in [-0.3, -0.25) is 14.4 Å². The van der Waals surface area contributed by atoms with Crippen molar-refractivity contribution in [1.29, 1.82) is 0 Å². The summed E-state index contributed by atoms with van der Waals surface area (Å²) in [5.74, 6) is -0.292. The molecule has 0 spiro atoms. The smallest absolute Gasteiger partial charge is 0.382 e. The van der Waals surface area contributed by atoms with Gasteiger partial charge in [-0.05, 0) is 27.2 Å². The molecule has 2 aromatic rings. The fourth-order valence-electron chi connectivity index (χ4n) is 3.75. The van der Waals surface area contributed by atoms with Crippen molar-refractivity contribution in [1.82, 2.24) is 19.6 Å². The van der Waals surface area contributed by atoms with Crippen LogP contribution >= 0.6 is 0 Å². The highest BCUT2D eigenvalue weighted by molar-refractivity contribution is 6.07. The summed E-state index contributed by atoms with van der Waals surface area (Å²) in [6, 6.07) is -0.254. The van der Waals surface area contributed by atoms with Crippen molar-refractivity contribution in [2.24, 2.45) is 5.16 Å². The van der Waals surface area contributed by atoms with Crippen LogP contribution in [0.5, 0.6) is 0 Å². The van der Waals surface area contributed by atoms with E-state index in [1.165, 1.54) is 11.0 Å². The van der Waals surface area contributed by atoms with Gasteiger partial charge in [-0.1, -0.05) is 5.16 Å². The normalized spacial score (nSPS) is 21.7. The monoisotopic (exact) mass is 410 g/mol. The summed E-state index contributed by atoms with van der Waals surface area (Å²) >= 11 is 0. The zero-order chi connectivity index (χ0) is 20.9. The van der Waals surface area contributed by atoms with E-state index in [0.717, 1.165) is 15.9 Å². The van der Waals surface area contributed by atoms with Crippen LogP contribution in [-0.4, -0.2) is 50.0 Å². The molecule has 156 valence electrons. The Balaban J connectivity index is 1.54. The number of anilines is 1. The fourth-order valence-corrected chi connectivity index (χ4v) is 3.75. The van der Waals surface area contributed by atoms with Crippen molar-refractivity contribution in [3.8, 4) is 0 Å². The van der Waals surface area contributed by atoms with Crippen LogP contribution < -0.4 is 4.90 Å². The van der Waals surface area contributed by atoms with Gasteiger partial charge >= 0.3 is 6.18 Å². The molecule has 2 aliphatic rings. The number of fused-ring (bicyclic) bond motifs is 1. The summed E-state index contributed by atoms with van der Waals surface area (Å²) < 4.78 is 42.7. The predicted molar refractivity (Wildman–Crippen MR) is 97.7 cm³/mol. The molecule has 4 rings (SSSR count).